The molecule has 0 spiro atoms. The van der Waals surface area contributed by atoms with Gasteiger partial charge in [0.1, 0.15) is 17.5 Å². The minimum Gasteiger partial charge on any atom is -0.462 e. The predicted molar refractivity (Wildman–Crippen MR) is 94.7 cm³/mol. The van der Waals surface area contributed by atoms with Gasteiger partial charge in [0.15, 0.2) is 11.8 Å². The summed E-state index contributed by atoms with van der Waals surface area (Å²) < 4.78 is 8.19. The van der Waals surface area contributed by atoms with E-state index in [0.717, 1.165) is 4.90 Å². The van der Waals surface area contributed by atoms with Crippen molar-refractivity contribution in [2.75, 3.05) is 5.32 Å². The first-order valence-corrected chi connectivity index (χ1v) is 8.34. The van der Waals surface area contributed by atoms with Crippen LogP contribution in [0.3, 0.4) is 0 Å². The highest BCUT2D eigenvalue weighted by Crippen LogP contribution is 2.27. The van der Waals surface area contributed by atoms with Crippen molar-refractivity contribution < 1.29 is 14.0 Å². The van der Waals surface area contributed by atoms with Crippen molar-refractivity contribution in [3.05, 3.63) is 70.6 Å². The Morgan fingerprint density at radius 3 is 2.72 bits per heavy atom. The monoisotopic (exact) mass is 352 g/mol. The summed E-state index contributed by atoms with van der Waals surface area (Å²) in [6.07, 6.45) is 1.19. The van der Waals surface area contributed by atoms with E-state index >= 15 is 0 Å². The second-order valence-electron chi connectivity index (χ2n) is 5.48. The number of hydrogen-bond acceptors (Lipinski definition) is 6. The Bertz CT molecular complexity index is 1060. The van der Waals surface area contributed by atoms with Crippen LogP contribution in [0.5, 0.6) is 0 Å². The molecule has 0 aliphatic carbocycles. The highest BCUT2D eigenvalue weighted by atomic mass is 32.2. The Labute approximate surface area is 146 Å². The molecule has 124 valence electrons. The summed E-state index contributed by atoms with van der Waals surface area (Å²) in [5.74, 6) is -0.938. The average Bonchev–Trinajstić information content (AvgIpc) is 2.64. The van der Waals surface area contributed by atoms with Crippen LogP contribution in [0.15, 0.2) is 68.9 Å². The lowest BCUT2D eigenvalue weighted by atomic mass is 10.0. The molecule has 0 saturated heterocycles. The highest BCUT2D eigenvalue weighted by Gasteiger charge is 2.33. The number of Topliss-reactive ketones (excluding diaryl/α,β-unsaturated/α-hetero) is 1. The Kier molecular flexibility index (Phi) is 3.87. The molecule has 2 N–H and O–H groups in total. The minimum absolute atomic E-state index is 0.00200. The van der Waals surface area contributed by atoms with Crippen molar-refractivity contribution >= 4 is 40.3 Å². The second-order valence-corrected chi connectivity index (χ2v) is 6.36. The zero-order valence-electron chi connectivity index (χ0n) is 12.8. The fraction of sp³-hybridized carbons (Fsp3) is 0.0556. The number of nitrogens with one attached hydrogen (secondary N) is 2. The van der Waals surface area contributed by atoms with Crippen molar-refractivity contribution in [1.29, 1.82) is 0 Å². The first-order chi connectivity index (χ1) is 12.1. The van der Waals surface area contributed by atoms with E-state index in [1.807, 2.05) is 6.07 Å². The van der Waals surface area contributed by atoms with E-state index in [-0.39, 0.29) is 16.9 Å². The van der Waals surface area contributed by atoms with Crippen LogP contribution >= 0.6 is 11.9 Å². The third kappa shape index (κ3) is 2.73. The number of hydrogen-bond donors (Lipinski definition) is 2. The molecule has 1 unspecified atom stereocenters. The number of amides is 1. The molecule has 4 rings (SSSR count). The molecule has 1 aliphatic rings. The summed E-state index contributed by atoms with van der Waals surface area (Å²) in [6, 6.07) is 12.7. The number of anilines is 1. The molecule has 0 radical (unpaired) electrons. The Balaban J connectivity index is 1.62. The molecule has 0 saturated carbocycles. The SMILES string of the molecule is O=C(Nc1coc2ccccc2c1=O)C1NSc2ccccc2C1=O. The summed E-state index contributed by atoms with van der Waals surface area (Å²) >= 11 is 1.21. The van der Waals surface area contributed by atoms with E-state index in [0.29, 0.717) is 16.5 Å². The van der Waals surface area contributed by atoms with Crippen LogP contribution in [0.1, 0.15) is 10.4 Å². The van der Waals surface area contributed by atoms with Gasteiger partial charge in [-0.1, -0.05) is 30.3 Å². The van der Waals surface area contributed by atoms with Crippen LogP contribution < -0.4 is 15.5 Å². The molecule has 2 aromatic carbocycles. The second kappa shape index (κ2) is 6.19. The minimum atomic E-state index is -1.08. The van der Waals surface area contributed by atoms with E-state index in [4.69, 9.17) is 4.42 Å². The molecule has 1 aromatic heterocycles. The van der Waals surface area contributed by atoms with Crippen LogP contribution in [0, 0.1) is 0 Å². The molecule has 6 nitrogen and oxygen atoms in total. The Hall–Kier alpha value is -2.90. The number of benzene rings is 2. The molecule has 1 amide bonds. The first-order valence-electron chi connectivity index (χ1n) is 7.52. The topological polar surface area (TPSA) is 88.4 Å². The number of carbonyl (C=O) groups is 2. The van der Waals surface area contributed by atoms with Crippen LogP contribution in [0.4, 0.5) is 5.69 Å². The van der Waals surface area contributed by atoms with E-state index in [1.165, 1.54) is 18.2 Å². The van der Waals surface area contributed by atoms with Gasteiger partial charge in [-0.05, 0) is 30.1 Å². The van der Waals surface area contributed by atoms with Crippen LogP contribution in [-0.2, 0) is 4.79 Å². The normalized spacial score (nSPS) is 16.5. The molecule has 0 bridgehead atoms. The number of rotatable bonds is 2. The van der Waals surface area contributed by atoms with Gasteiger partial charge in [0, 0.05) is 10.5 Å². The van der Waals surface area contributed by atoms with Gasteiger partial charge in [-0.3, -0.25) is 14.4 Å². The first kappa shape index (κ1) is 15.6. The summed E-state index contributed by atoms with van der Waals surface area (Å²) in [5.41, 5.74) is 0.562. The van der Waals surface area contributed by atoms with Gasteiger partial charge in [0.2, 0.25) is 5.43 Å². The van der Waals surface area contributed by atoms with Crippen molar-refractivity contribution in [2.45, 2.75) is 10.9 Å². The number of fused-ring (bicyclic) bond motifs is 2. The van der Waals surface area contributed by atoms with E-state index in [2.05, 4.69) is 10.0 Å². The zero-order valence-corrected chi connectivity index (χ0v) is 13.6. The van der Waals surface area contributed by atoms with Crippen LogP contribution in [0.25, 0.3) is 11.0 Å². The van der Waals surface area contributed by atoms with Crippen molar-refractivity contribution in [2.24, 2.45) is 0 Å². The third-order valence-electron chi connectivity index (χ3n) is 3.90. The molecular formula is C18H12N2O4S. The smallest absolute Gasteiger partial charge is 0.250 e. The molecule has 0 fully saturated rings. The van der Waals surface area contributed by atoms with Crippen molar-refractivity contribution in [1.82, 2.24) is 4.72 Å². The van der Waals surface area contributed by atoms with Crippen molar-refractivity contribution in [3.8, 4) is 0 Å². The lowest BCUT2D eigenvalue weighted by molar-refractivity contribution is -0.116. The standard InChI is InChI=1S/C18H12N2O4S/c21-16-10-5-1-3-7-13(10)24-9-12(16)19-18(23)15-17(22)11-6-2-4-8-14(11)25-20-15/h1-9,15,20H,(H,19,23). The van der Waals surface area contributed by atoms with Gasteiger partial charge < -0.3 is 9.73 Å². The number of carbonyl (C=O) groups excluding carboxylic acids is 2. The maximum atomic E-state index is 12.5. The highest BCUT2D eigenvalue weighted by molar-refractivity contribution is 7.97. The Morgan fingerprint density at radius 1 is 1.08 bits per heavy atom. The quantitative estimate of drug-likeness (QED) is 0.544. The third-order valence-corrected chi connectivity index (χ3v) is 4.83. The molecule has 25 heavy (non-hydrogen) atoms. The molecule has 2 heterocycles. The molecular weight excluding hydrogens is 340 g/mol. The van der Waals surface area contributed by atoms with Gasteiger partial charge in [0.25, 0.3) is 5.91 Å². The fourth-order valence-corrected chi connectivity index (χ4v) is 3.52. The lowest BCUT2D eigenvalue weighted by Crippen LogP contribution is -2.46. The largest absolute Gasteiger partial charge is 0.462 e. The van der Waals surface area contributed by atoms with Crippen molar-refractivity contribution in [3.63, 3.8) is 0 Å². The van der Waals surface area contributed by atoms with E-state index in [1.54, 1.807) is 42.5 Å². The number of para-hydroxylation sites is 1. The number of ketones is 1. The van der Waals surface area contributed by atoms with Gasteiger partial charge in [-0.15, -0.1) is 0 Å². The van der Waals surface area contributed by atoms with Gasteiger partial charge in [-0.25, -0.2) is 4.72 Å². The molecule has 3 aromatic rings. The van der Waals surface area contributed by atoms with E-state index < -0.39 is 11.9 Å². The maximum Gasteiger partial charge on any atom is 0.250 e. The summed E-state index contributed by atoms with van der Waals surface area (Å²) in [5, 5.41) is 2.86. The van der Waals surface area contributed by atoms with Gasteiger partial charge >= 0.3 is 0 Å². The molecule has 1 aliphatic heterocycles. The van der Waals surface area contributed by atoms with Gasteiger partial charge in [-0.2, -0.15) is 0 Å². The zero-order chi connectivity index (χ0) is 17.4. The van der Waals surface area contributed by atoms with Crippen LogP contribution in [0.2, 0.25) is 0 Å². The fourth-order valence-electron chi connectivity index (χ4n) is 2.63. The predicted octanol–water partition coefficient (Wildman–Crippen LogP) is 2.59. The summed E-state index contributed by atoms with van der Waals surface area (Å²) in [4.78, 5) is 38.2. The summed E-state index contributed by atoms with van der Waals surface area (Å²) in [6.45, 7) is 0. The Morgan fingerprint density at radius 2 is 1.84 bits per heavy atom. The van der Waals surface area contributed by atoms with Gasteiger partial charge in [0.05, 0.1) is 5.39 Å². The lowest BCUT2D eigenvalue weighted by Gasteiger charge is -2.22. The molecule has 7 heteroatoms. The maximum absolute atomic E-state index is 12.5. The molecule has 1 atom stereocenters. The average molecular weight is 352 g/mol. The van der Waals surface area contributed by atoms with E-state index in [9.17, 15) is 14.4 Å². The summed E-state index contributed by atoms with van der Waals surface area (Å²) in [7, 11) is 0. The van der Waals surface area contributed by atoms with Crippen LogP contribution in [-0.4, -0.2) is 17.7 Å².